The Hall–Kier alpha value is -2.61. The Bertz CT molecular complexity index is 698. The summed E-state index contributed by atoms with van der Waals surface area (Å²) in [6.07, 6.45) is -0.450. The smallest absolute Gasteiger partial charge is 0.410 e. The second kappa shape index (κ2) is 8.18. The monoisotopic (exact) mass is 361 g/mol. The van der Waals surface area contributed by atoms with Gasteiger partial charge in [-0.2, -0.15) is 0 Å². The molecule has 2 amide bonds. The van der Waals surface area contributed by atoms with Gasteiger partial charge in [0.2, 0.25) is 0 Å². The van der Waals surface area contributed by atoms with Gasteiger partial charge >= 0.3 is 12.1 Å². The minimum Gasteiger partial charge on any atom is -0.462 e. The van der Waals surface area contributed by atoms with Gasteiger partial charge in [-0.1, -0.05) is 12.1 Å². The summed E-state index contributed by atoms with van der Waals surface area (Å²) in [4.78, 5) is 38.8. The number of nitrogens with zero attached hydrogens (tertiary/aromatic N) is 2. The van der Waals surface area contributed by atoms with Crippen LogP contribution in [0.4, 0.5) is 4.79 Å². The summed E-state index contributed by atoms with van der Waals surface area (Å²) in [5.74, 6) is -0.399. The molecule has 8 heteroatoms. The summed E-state index contributed by atoms with van der Waals surface area (Å²) < 4.78 is 9.79. The topological polar surface area (TPSA) is 88.2 Å². The van der Waals surface area contributed by atoms with E-state index in [0.717, 1.165) is 17.7 Å². The number of rotatable bonds is 4. The van der Waals surface area contributed by atoms with Crippen molar-refractivity contribution in [3.05, 3.63) is 34.9 Å². The van der Waals surface area contributed by atoms with Crippen molar-refractivity contribution in [2.24, 2.45) is 0 Å². The van der Waals surface area contributed by atoms with Crippen molar-refractivity contribution in [3.8, 4) is 0 Å². The molecule has 1 saturated heterocycles. The van der Waals surface area contributed by atoms with Crippen LogP contribution in [0.25, 0.3) is 0 Å². The molecule has 8 nitrogen and oxygen atoms in total. The molecule has 0 saturated carbocycles. The van der Waals surface area contributed by atoms with Crippen molar-refractivity contribution in [2.75, 3.05) is 39.4 Å². The number of amides is 2. The van der Waals surface area contributed by atoms with E-state index < -0.39 is 12.1 Å². The lowest BCUT2D eigenvalue weighted by Crippen LogP contribution is -2.51. The fraction of sp³-hybridized carbons (Fsp3) is 0.500. The first-order valence-corrected chi connectivity index (χ1v) is 8.72. The van der Waals surface area contributed by atoms with Crippen LogP contribution in [0.3, 0.4) is 0 Å². The molecule has 1 N–H and O–H groups in total. The van der Waals surface area contributed by atoms with Crippen LogP contribution in [0.15, 0.2) is 18.2 Å². The van der Waals surface area contributed by atoms with Crippen LogP contribution >= 0.6 is 0 Å². The van der Waals surface area contributed by atoms with E-state index in [0.29, 0.717) is 32.7 Å². The van der Waals surface area contributed by atoms with Gasteiger partial charge in [0.05, 0.1) is 0 Å². The molecule has 140 valence electrons. The number of carbonyl (C=O) groups excluding carboxylic acids is 3. The molecule has 2 heterocycles. The summed E-state index contributed by atoms with van der Waals surface area (Å²) in [5, 5.41) is 3.27. The zero-order chi connectivity index (χ0) is 18.5. The van der Waals surface area contributed by atoms with E-state index >= 15 is 0 Å². The average molecular weight is 361 g/mol. The number of hydrogen-bond donors (Lipinski definition) is 1. The van der Waals surface area contributed by atoms with Gasteiger partial charge in [0.1, 0.15) is 13.2 Å². The number of carbonyl (C=O) groups is 3. The molecule has 2 aliphatic heterocycles. The van der Waals surface area contributed by atoms with Crippen LogP contribution < -0.4 is 5.32 Å². The lowest BCUT2D eigenvalue weighted by atomic mass is 10.0. The maximum atomic E-state index is 12.8. The number of nitrogens with one attached hydrogen (secondary N) is 1. The zero-order valence-corrected chi connectivity index (χ0v) is 14.8. The van der Waals surface area contributed by atoms with Crippen LogP contribution in [0.2, 0.25) is 0 Å². The first kappa shape index (κ1) is 18.2. The Morgan fingerprint density at radius 2 is 1.69 bits per heavy atom. The summed E-state index contributed by atoms with van der Waals surface area (Å²) in [6, 6.07) is 5.81. The van der Waals surface area contributed by atoms with Crippen molar-refractivity contribution in [3.63, 3.8) is 0 Å². The van der Waals surface area contributed by atoms with Crippen molar-refractivity contribution in [2.45, 2.75) is 20.0 Å². The second-order valence-corrected chi connectivity index (χ2v) is 6.28. The molecule has 0 aromatic heterocycles. The third-order valence-electron chi connectivity index (χ3n) is 4.56. The fourth-order valence-electron chi connectivity index (χ4n) is 3.20. The van der Waals surface area contributed by atoms with Gasteiger partial charge in [-0.25, -0.2) is 4.79 Å². The Morgan fingerprint density at radius 1 is 1.00 bits per heavy atom. The van der Waals surface area contributed by atoms with Crippen LogP contribution in [0.5, 0.6) is 0 Å². The first-order valence-electron chi connectivity index (χ1n) is 8.72. The van der Waals surface area contributed by atoms with Gasteiger partial charge in [-0.3, -0.25) is 9.59 Å². The maximum Gasteiger partial charge on any atom is 0.410 e. The van der Waals surface area contributed by atoms with E-state index in [1.54, 1.807) is 9.80 Å². The highest BCUT2D eigenvalue weighted by atomic mass is 16.6. The fourth-order valence-corrected chi connectivity index (χ4v) is 3.20. The number of benzene rings is 1. The molecule has 0 radical (unpaired) electrons. The van der Waals surface area contributed by atoms with Crippen LogP contribution in [0.1, 0.15) is 28.4 Å². The number of esters is 1. The van der Waals surface area contributed by atoms with E-state index in [1.807, 2.05) is 18.2 Å². The summed E-state index contributed by atoms with van der Waals surface area (Å²) >= 11 is 0. The maximum absolute atomic E-state index is 12.8. The number of ether oxygens (including phenoxy) is 2. The van der Waals surface area contributed by atoms with E-state index in [9.17, 15) is 14.4 Å². The van der Waals surface area contributed by atoms with Crippen LogP contribution in [0, 0.1) is 0 Å². The van der Waals surface area contributed by atoms with Crippen molar-refractivity contribution >= 4 is 18.0 Å². The van der Waals surface area contributed by atoms with Crippen LogP contribution in [-0.4, -0.2) is 67.2 Å². The third-order valence-corrected chi connectivity index (χ3v) is 4.56. The Kier molecular flexibility index (Phi) is 5.72. The molecule has 3 rings (SSSR count). The highest BCUT2D eigenvalue weighted by Gasteiger charge is 2.28. The quantitative estimate of drug-likeness (QED) is 0.629. The molecule has 1 fully saturated rings. The van der Waals surface area contributed by atoms with Crippen molar-refractivity contribution < 1.29 is 23.9 Å². The highest BCUT2D eigenvalue weighted by Crippen LogP contribution is 2.21. The predicted molar refractivity (Wildman–Crippen MR) is 92.4 cm³/mol. The third kappa shape index (κ3) is 4.13. The lowest BCUT2D eigenvalue weighted by Gasteiger charge is -2.34. The zero-order valence-electron chi connectivity index (χ0n) is 14.8. The van der Waals surface area contributed by atoms with Gasteiger partial charge in [-0.15, -0.1) is 0 Å². The molecule has 1 aromatic carbocycles. The molecule has 0 unspecified atom stereocenters. The van der Waals surface area contributed by atoms with E-state index in [1.165, 1.54) is 12.5 Å². The van der Waals surface area contributed by atoms with Crippen LogP contribution in [-0.2, 0) is 27.4 Å². The number of piperazine rings is 1. The minimum absolute atomic E-state index is 0.00780. The molecule has 26 heavy (non-hydrogen) atoms. The first-order chi connectivity index (χ1) is 12.6. The van der Waals surface area contributed by atoms with Gasteiger partial charge in [0, 0.05) is 51.8 Å². The van der Waals surface area contributed by atoms with Crippen molar-refractivity contribution in [1.82, 2.24) is 15.1 Å². The van der Waals surface area contributed by atoms with Gasteiger partial charge in [0.15, 0.2) is 0 Å². The normalized spacial score (nSPS) is 16.2. The summed E-state index contributed by atoms with van der Waals surface area (Å²) in [5.41, 5.74) is 2.99. The van der Waals surface area contributed by atoms with E-state index in [4.69, 9.17) is 9.47 Å². The second-order valence-electron chi connectivity index (χ2n) is 6.28. The predicted octanol–water partition coefficient (Wildman–Crippen LogP) is 0.747. The number of fused-ring (bicyclic) bond motifs is 1. The summed E-state index contributed by atoms with van der Waals surface area (Å²) in [6.45, 7) is 4.67. The Labute approximate surface area is 152 Å². The van der Waals surface area contributed by atoms with E-state index in [-0.39, 0.29) is 19.1 Å². The molecule has 0 bridgehead atoms. The van der Waals surface area contributed by atoms with Gasteiger partial charge in [0.25, 0.3) is 5.91 Å². The summed E-state index contributed by atoms with van der Waals surface area (Å²) in [7, 11) is 0. The average Bonchev–Trinajstić information content (AvgIpc) is 3.13. The van der Waals surface area contributed by atoms with E-state index in [2.05, 4.69) is 5.32 Å². The lowest BCUT2D eigenvalue weighted by molar-refractivity contribution is -0.142. The molecule has 0 atom stereocenters. The molecule has 2 aliphatic rings. The van der Waals surface area contributed by atoms with Gasteiger partial charge in [-0.05, 0) is 17.2 Å². The SMILES string of the molecule is CC(=O)OCCOC(=O)N1CCN(C(=O)c2cccc3c2CNC3)CC1. The minimum atomic E-state index is -0.450. The molecule has 0 spiro atoms. The van der Waals surface area contributed by atoms with Gasteiger partial charge < -0.3 is 24.6 Å². The Balaban J connectivity index is 1.49. The molecule has 0 aliphatic carbocycles. The number of hydrogen-bond acceptors (Lipinski definition) is 6. The Morgan fingerprint density at radius 3 is 2.42 bits per heavy atom. The largest absolute Gasteiger partial charge is 0.462 e. The molecular formula is C18H23N3O5. The standard InChI is InChI=1S/C18H23N3O5/c1-13(22)25-9-10-26-18(24)21-7-5-20(6-8-21)17(23)15-4-2-3-14-11-19-12-16(14)15/h2-4,19H,5-12H2,1H3. The highest BCUT2D eigenvalue weighted by molar-refractivity contribution is 5.96. The van der Waals surface area contributed by atoms with Crippen molar-refractivity contribution in [1.29, 1.82) is 0 Å². The molecule has 1 aromatic rings. The molecular weight excluding hydrogens is 338 g/mol.